The minimum atomic E-state index is -1.71. The van der Waals surface area contributed by atoms with Crippen molar-refractivity contribution < 1.29 is 29.0 Å². The summed E-state index contributed by atoms with van der Waals surface area (Å²) in [7, 11) is 0. The molecule has 0 unspecified atom stereocenters. The molecule has 2 N–H and O–H groups in total. The third-order valence-electron chi connectivity index (χ3n) is 4.73. The molecule has 2 bridgehead atoms. The zero-order valence-corrected chi connectivity index (χ0v) is 13.7. The van der Waals surface area contributed by atoms with E-state index in [9.17, 15) is 19.5 Å². The van der Waals surface area contributed by atoms with Crippen LogP contribution in [-0.2, 0) is 14.3 Å². The summed E-state index contributed by atoms with van der Waals surface area (Å²) in [5.74, 6) is -2.49. The van der Waals surface area contributed by atoms with Crippen LogP contribution in [0.1, 0.15) is 23.7 Å². The molecule has 0 spiro atoms. The normalized spacial score (nSPS) is 29.2. The Labute approximate surface area is 144 Å². The summed E-state index contributed by atoms with van der Waals surface area (Å²) in [6, 6.07) is 8.33. The smallest absolute Gasteiger partial charge is 0.479 e. The van der Waals surface area contributed by atoms with Crippen molar-refractivity contribution in [2.45, 2.75) is 25.0 Å². The number of benzene rings is 1. The van der Waals surface area contributed by atoms with Crippen molar-refractivity contribution >= 4 is 18.0 Å². The van der Waals surface area contributed by atoms with E-state index in [-0.39, 0.29) is 12.5 Å². The van der Waals surface area contributed by atoms with Gasteiger partial charge in [-0.1, -0.05) is 30.4 Å². The Morgan fingerprint density at radius 1 is 1.24 bits per heavy atom. The molecule has 1 aromatic carbocycles. The van der Waals surface area contributed by atoms with Crippen molar-refractivity contribution in [1.82, 2.24) is 5.32 Å². The number of nitrogens with one attached hydrogen (secondary N) is 1. The zero-order valence-electron chi connectivity index (χ0n) is 13.7. The third-order valence-corrected chi connectivity index (χ3v) is 4.73. The summed E-state index contributed by atoms with van der Waals surface area (Å²) in [5.41, 5.74) is -1.37. The highest BCUT2D eigenvalue weighted by Crippen LogP contribution is 2.48. The van der Waals surface area contributed by atoms with Gasteiger partial charge in [-0.2, -0.15) is 0 Å². The molecule has 1 saturated carbocycles. The van der Waals surface area contributed by atoms with Gasteiger partial charge >= 0.3 is 12.1 Å². The fourth-order valence-electron chi connectivity index (χ4n) is 3.62. The molecule has 132 valence electrons. The number of fused-ring (bicyclic) bond motifs is 2. The van der Waals surface area contributed by atoms with Crippen molar-refractivity contribution in [2.75, 3.05) is 6.61 Å². The first-order chi connectivity index (χ1) is 12.0. The molecule has 2 aliphatic rings. The lowest BCUT2D eigenvalue weighted by Gasteiger charge is -2.37. The lowest BCUT2D eigenvalue weighted by atomic mass is 9.81. The van der Waals surface area contributed by atoms with Gasteiger partial charge in [-0.15, -0.1) is 0 Å². The van der Waals surface area contributed by atoms with Crippen molar-refractivity contribution in [3.63, 3.8) is 0 Å². The van der Waals surface area contributed by atoms with Gasteiger partial charge in [0, 0.05) is 17.4 Å². The van der Waals surface area contributed by atoms with Gasteiger partial charge in [0.25, 0.3) is 5.91 Å². The molecule has 0 aliphatic heterocycles. The summed E-state index contributed by atoms with van der Waals surface area (Å²) in [6.07, 6.45) is 2.12. The zero-order chi connectivity index (χ0) is 18.0. The largest absolute Gasteiger partial charge is 0.508 e. The van der Waals surface area contributed by atoms with Gasteiger partial charge in [-0.25, -0.2) is 9.59 Å². The number of hydrogen-bond acceptors (Lipinski definition) is 5. The highest BCUT2D eigenvalue weighted by atomic mass is 16.7. The van der Waals surface area contributed by atoms with Gasteiger partial charge in [-0.05, 0) is 25.5 Å². The Morgan fingerprint density at radius 3 is 2.60 bits per heavy atom. The number of carbonyl (C=O) groups is 3. The average molecular weight is 345 g/mol. The second-order valence-corrected chi connectivity index (χ2v) is 6.11. The van der Waals surface area contributed by atoms with Crippen LogP contribution in [0.25, 0.3) is 0 Å². The van der Waals surface area contributed by atoms with Gasteiger partial charge in [0.15, 0.2) is 5.54 Å². The van der Waals surface area contributed by atoms with Crippen LogP contribution in [0.3, 0.4) is 0 Å². The molecular weight excluding hydrogens is 326 g/mol. The molecule has 0 saturated heterocycles. The van der Waals surface area contributed by atoms with E-state index in [4.69, 9.17) is 9.47 Å². The fraction of sp³-hybridized carbons (Fsp3) is 0.389. The number of aliphatic carboxylic acids is 1. The number of rotatable bonds is 5. The lowest BCUT2D eigenvalue weighted by Crippen LogP contribution is -2.65. The summed E-state index contributed by atoms with van der Waals surface area (Å²) in [4.78, 5) is 36.5. The molecule has 25 heavy (non-hydrogen) atoms. The summed E-state index contributed by atoms with van der Waals surface area (Å²) in [6.45, 7) is 1.75. The molecule has 1 fully saturated rings. The van der Waals surface area contributed by atoms with Crippen LogP contribution in [0.2, 0.25) is 0 Å². The summed E-state index contributed by atoms with van der Waals surface area (Å²) < 4.78 is 10.1. The van der Waals surface area contributed by atoms with Gasteiger partial charge in [-0.3, -0.25) is 4.79 Å². The molecule has 4 atom stereocenters. The van der Waals surface area contributed by atoms with Gasteiger partial charge in [0.1, 0.15) is 6.10 Å². The Balaban J connectivity index is 1.91. The third kappa shape index (κ3) is 2.86. The van der Waals surface area contributed by atoms with Crippen molar-refractivity contribution in [3.8, 4) is 0 Å². The van der Waals surface area contributed by atoms with E-state index in [2.05, 4.69) is 5.32 Å². The monoisotopic (exact) mass is 345 g/mol. The van der Waals surface area contributed by atoms with E-state index >= 15 is 0 Å². The Kier molecular flexibility index (Phi) is 4.48. The number of carboxylic acids is 1. The SMILES string of the molecule is CCOC(=O)O[C@@H]1[C@H]2C=C[C@H](C2)[C@]1(NC(=O)c1ccccc1)C(=O)O. The van der Waals surface area contributed by atoms with E-state index in [1.54, 1.807) is 43.3 Å². The van der Waals surface area contributed by atoms with Crippen molar-refractivity contribution in [3.05, 3.63) is 48.0 Å². The number of carboxylic acid groups (broad SMARTS) is 1. The second-order valence-electron chi connectivity index (χ2n) is 6.11. The van der Waals surface area contributed by atoms with E-state index in [0.29, 0.717) is 12.0 Å². The van der Waals surface area contributed by atoms with Crippen molar-refractivity contribution in [2.24, 2.45) is 11.8 Å². The number of ether oxygens (including phenoxy) is 2. The first-order valence-electron chi connectivity index (χ1n) is 8.11. The van der Waals surface area contributed by atoms with Crippen LogP contribution in [0.5, 0.6) is 0 Å². The summed E-state index contributed by atoms with van der Waals surface area (Å²) >= 11 is 0. The Hall–Kier alpha value is -2.83. The van der Waals surface area contributed by atoms with Crippen LogP contribution in [0.4, 0.5) is 4.79 Å². The second kappa shape index (κ2) is 6.58. The van der Waals surface area contributed by atoms with Crippen LogP contribution in [0, 0.1) is 11.8 Å². The van der Waals surface area contributed by atoms with Gasteiger partial charge in [0.05, 0.1) is 6.61 Å². The van der Waals surface area contributed by atoms with E-state index < -0.39 is 35.6 Å². The minimum Gasteiger partial charge on any atom is -0.479 e. The fourth-order valence-corrected chi connectivity index (χ4v) is 3.62. The predicted molar refractivity (Wildman–Crippen MR) is 86.9 cm³/mol. The Bertz CT molecular complexity index is 716. The number of hydrogen-bond donors (Lipinski definition) is 2. The van der Waals surface area contributed by atoms with Gasteiger partial charge in [0.2, 0.25) is 0 Å². The molecule has 1 aromatic rings. The van der Waals surface area contributed by atoms with Crippen LogP contribution in [0.15, 0.2) is 42.5 Å². The Morgan fingerprint density at radius 2 is 1.96 bits per heavy atom. The van der Waals surface area contributed by atoms with Crippen LogP contribution >= 0.6 is 0 Å². The number of amides is 1. The molecule has 3 rings (SSSR count). The first kappa shape index (κ1) is 17.0. The molecule has 0 heterocycles. The quantitative estimate of drug-likeness (QED) is 0.625. The van der Waals surface area contributed by atoms with E-state index in [0.717, 1.165) is 0 Å². The minimum absolute atomic E-state index is 0.117. The maximum atomic E-state index is 12.6. The standard InChI is InChI=1S/C18H19NO6/c1-2-24-17(23)25-14-12-8-9-13(10-12)18(14,16(21)22)19-15(20)11-6-4-3-5-7-11/h3-9,12-14H,2,10H2,1H3,(H,19,20)(H,21,22)/t12-,13+,14+,18+/m0/s1. The highest BCUT2D eigenvalue weighted by molar-refractivity contribution is 5.98. The maximum absolute atomic E-state index is 12.6. The maximum Gasteiger partial charge on any atom is 0.508 e. The summed E-state index contributed by atoms with van der Waals surface area (Å²) in [5, 5.41) is 12.5. The predicted octanol–water partition coefficient (Wildman–Crippen LogP) is 1.99. The topological polar surface area (TPSA) is 102 Å². The highest BCUT2D eigenvalue weighted by Gasteiger charge is 2.64. The molecule has 0 aromatic heterocycles. The van der Waals surface area contributed by atoms with Crippen LogP contribution < -0.4 is 5.32 Å². The lowest BCUT2D eigenvalue weighted by molar-refractivity contribution is -0.151. The van der Waals surface area contributed by atoms with Crippen LogP contribution in [-0.4, -0.2) is 41.4 Å². The molecule has 2 aliphatic carbocycles. The molecule has 7 nitrogen and oxygen atoms in total. The van der Waals surface area contributed by atoms with Gasteiger partial charge < -0.3 is 19.9 Å². The van der Waals surface area contributed by atoms with Crippen molar-refractivity contribution in [1.29, 1.82) is 0 Å². The molecule has 7 heteroatoms. The number of carbonyl (C=O) groups excluding carboxylic acids is 2. The first-order valence-corrected chi connectivity index (χ1v) is 8.11. The van der Waals surface area contributed by atoms with E-state index in [1.165, 1.54) is 0 Å². The molecule has 1 amide bonds. The molecule has 0 radical (unpaired) electrons. The van der Waals surface area contributed by atoms with E-state index in [1.807, 2.05) is 6.08 Å². The molecular formula is C18H19NO6. The average Bonchev–Trinajstić information content (AvgIpc) is 3.18.